The molecule has 1 saturated heterocycles. The molecule has 6 heteroatoms. The van der Waals surface area contributed by atoms with Crippen molar-refractivity contribution >= 4 is 11.9 Å². The van der Waals surface area contributed by atoms with Crippen molar-refractivity contribution in [3.63, 3.8) is 0 Å². The third-order valence-corrected chi connectivity index (χ3v) is 4.21. The Bertz CT molecular complexity index is 576. The summed E-state index contributed by atoms with van der Waals surface area (Å²) in [5.41, 5.74) is 0.593. The van der Waals surface area contributed by atoms with E-state index in [0.29, 0.717) is 18.5 Å². The van der Waals surface area contributed by atoms with Gasteiger partial charge >= 0.3 is 5.97 Å². The molecule has 2 rings (SSSR count). The molecular weight excluding hydrogens is 301 g/mol. The summed E-state index contributed by atoms with van der Waals surface area (Å²) in [5, 5.41) is 8.83. The Morgan fingerprint density at radius 2 is 2.17 bits per heavy atom. The van der Waals surface area contributed by atoms with E-state index in [-0.39, 0.29) is 30.5 Å². The molecule has 1 N–H and O–H groups in total. The average Bonchev–Trinajstić information content (AvgIpc) is 2.53. The van der Waals surface area contributed by atoms with Crippen LogP contribution in [0.15, 0.2) is 18.2 Å². The molecule has 0 aromatic heterocycles. The van der Waals surface area contributed by atoms with E-state index >= 15 is 0 Å². The molecule has 0 aliphatic carbocycles. The summed E-state index contributed by atoms with van der Waals surface area (Å²) in [7, 11) is 1.39. The smallest absolute Gasteiger partial charge is 0.303 e. The highest BCUT2D eigenvalue weighted by atomic mass is 19.1. The summed E-state index contributed by atoms with van der Waals surface area (Å²) in [6.07, 6.45) is 3.40. The van der Waals surface area contributed by atoms with Gasteiger partial charge in [0.05, 0.1) is 13.5 Å². The zero-order chi connectivity index (χ0) is 16.8. The first-order chi connectivity index (χ1) is 11.0. The van der Waals surface area contributed by atoms with E-state index in [1.54, 1.807) is 11.0 Å². The quantitative estimate of drug-likeness (QED) is 0.874. The highest BCUT2D eigenvalue weighted by Crippen LogP contribution is 2.23. The van der Waals surface area contributed by atoms with Crippen molar-refractivity contribution in [3.8, 4) is 5.75 Å². The monoisotopic (exact) mass is 323 g/mol. The number of piperidine rings is 1. The zero-order valence-electron chi connectivity index (χ0n) is 13.3. The van der Waals surface area contributed by atoms with Crippen molar-refractivity contribution in [2.24, 2.45) is 0 Å². The molecule has 1 heterocycles. The first-order valence-electron chi connectivity index (χ1n) is 7.85. The largest absolute Gasteiger partial charge is 0.494 e. The maximum Gasteiger partial charge on any atom is 0.303 e. The molecule has 1 aromatic carbocycles. The number of carboxylic acids is 1. The van der Waals surface area contributed by atoms with E-state index in [2.05, 4.69) is 0 Å². The Hall–Kier alpha value is -2.11. The van der Waals surface area contributed by atoms with Crippen molar-refractivity contribution in [1.29, 1.82) is 0 Å². The summed E-state index contributed by atoms with van der Waals surface area (Å²) in [6.45, 7) is 0.641. The fourth-order valence-corrected chi connectivity index (χ4v) is 3.02. The molecule has 1 amide bonds. The van der Waals surface area contributed by atoms with Gasteiger partial charge in [-0.25, -0.2) is 4.39 Å². The second kappa shape index (κ2) is 7.94. The highest BCUT2D eigenvalue weighted by Gasteiger charge is 2.27. The summed E-state index contributed by atoms with van der Waals surface area (Å²) >= 11 is 0. The number of hydrogen-bond acceptors (Lipinski definition) is 3. The van der Waals surface area contributed by atoms with Gasteiger partial charge in [-0.2, -0.15) is 0 Å². The number of ether oxygens (including phenoxy) is 1. The van der Waals surface area contributed by atoms with Crippen LogP contribution in [0, 0.1) is 5.82 Å². The molecule has 1 aliphatic heterocycles. The molecule has 1 aromatic rings. The Morgan fingerprint density at radius 3 is 2.83 bits per heavy atom. The molecule has 1 aliphatic rings. The summed E-state index contributed by atoms with van der Waals surface area (Å²) in [4.78, 5) is 25.0. The Kier molecular flexibility index (Phi) is 5.96. The van der Waals surface area contributed by atoms with Crippen LogP contribution < -0.4 is 4.74 Å². The number of carboxylic acid groups (broad SMARTS) is 1. The number of benzene rings is 1. The fraction of sp³-hybridized carbons (Fsp3) is 0.529. The molecule has 126 valence electrons. The molecule has 23 heavy (non-hydrogen) atoms. The van der Waals surface area contributed by atoms with Crippen LogP contribution in [0.2, 0.25) is 0 Å². The number of nitrogens with zero attached hydrogens (tertiary/aromatic N) is 1. The number of hydrogen-bond donors (Lipinski definition) is 1. The molecule has 1 unspecified atom stereocenters. The number of carbonyl (C=O) groups excluding carboxylic acids is 1. The van der Waals surface area contributed by atoms with Gasteiger partial charge < -0.3 is 14.7 Å². The lowest BCUT2D eigenvalue weighted by atomic mass is 9.97. The van der Waals surface area contributed by atoms with E-state index < -0.39 is 11.8 Å². The minimum atomic E-state index is -0.847. The van der Waals surface area contributed by atoms with Gasteiger partial charge in [0.15, 0.2) is 11.6 Å². The number of halogens is 1. The van der Waals surface area contributed by atoms with Gasteiger partial charge in [0.1, 0.15) is 0 Å². The fourth-order valence-electron chi connectivity index (χ4n) is 3.02. The number of aliphatic carboxylic acids is 1. The molecule has 5 nitrogen and oxygen atoms in total. The molecule has 0 spiro atoms. The van der Waals surface area contributed by atoms with Crippen molar-refractivity contribution in [2.75, 3.05) is 13.7 Å². The van der Waals surface area contributed by atoms with E-state index in [4.69, 9.17) is 9.84 Å². The molecule has 0 radical (unpaired) electrons. The summed E-state index contributed by atoms with van der Waals surface area (Å²) < 4.78 is 18.6. The van der Waals surface area contributed by atoms with Crippen LogP contribution in [0.1, 0.15) is 37.7 Å². The van der Waals surface area contributed by atoms with E-state index in [9.17, 15) is 14.0 Å². The van der Waals surface area contributed by atoms with Crippen LogP contribution in [-0.4, -0.2) is 41.6 Å². The predicted molar refractivity (Wildman–Crippen MR) is 82.9 cm³/mol. The standard InChI is InChI=1S/C17H22FNO4/c1-23-15-7-5-12(10-14(15)18)11-16(20)19-9-3-2-4-13(19)6-8-17(21)22/h5,7,10,13H,2-4,6,8-9,11H2,1H3,(H,21,22). The van der Waals surface area contributed by atoms with Crippen LogP contribution >= 0.6 is 0 Å². The van der Waals surface area contributed by atoms with Crippen LogP contribution in [0.25, 0.3) is 0 Å². The second-order valence-electron chi connectivity index (χ2n) is 5.81. The second-order valence-corrected chi connectivity index (χ2v) is 5.81. The van der Waals surface area contributed by atoms with Gasteiger partial charge in [0, 0.05) is 19.0 Å². The maximum absolute atomic E-state index is 13.7. The normalized spacial score (nSPS) is 17.8. The first kappa shape index (κ1) is 17.2. The third-order valence-electron chi connectivity index (χ3n) is 4.21. The molecule has 0 bridgehead atoms. The number of amides is 1. The van der Waals surface area contributed by atoms with Gasteiger partial charge in [-0.1, -0.05) is 6.07 Å². The van der Waals surface area contributed by atoms with Crippen molar-refractivity contribution < 1.29 is 23.8 Å². The SMILES string of the molecule is COc1ccc(CC(=O)N2CCCCC2CCC(=O)O)cc1F. The lowest BCUT2D eigenvalue weighted by molar-refractivity contribution is -0.139. The number of rotatable bonds is 6. The van der Waals surface area contributed by atoms with E-state index in [1.807, 2.05) is 0 Å². The maximum atomic E-state index is 13.7. The van der Waals surface area contributed by atoms with Crippen LogP contribution in [0.5, 0.6) is 5.75 Å². The molecule has 1 fully saturated rings. The average molecular weight is 323 g/mol. The van der Waals surface area contributed by atoms with Gasteiger partial charge in [0.25, 0.3) is 0 Å². The Balaban J connectivity index is 2.02. The lowest BCUT2D eigenvalue weighted by Crippen LogP contribution is -2.44. The minimum Gasteiger partial charge on any atom is -0.494 e. The van der Waals surface area contributed by atoms with Gasteiger partial charge in [-0.3, -0.25) is 9.59 Å². The number of carbonyl (C=O) groups is 2. The van der Waals surface area contributed by atoms with Gasteiger partial charge in [-0.05, 0) is 43.4 Å². The van der Waals surface area contributed by atoms with Gasteiger partial charge in [0.2, 0.25) is 5.91 Å². The molecule has 0 saturated carbocycles. The molecule has 1 atom stereocenters. The minimum absolute atomic E-state index is 0.0320. The van der Waals surface area contributed by atoms with Crippen LogP contribution in [-0.2, 0) is 16.0 Å². The van der Waals surface area contributed by atoms with Crippen molar-refractivity contribution in [3.05, 3.63) is 29.6 Å². The zero-order valence-corrected chi connectivity index (χ0v) is 13.3. The van der Waals surface area contributed by atoms with E-state index in [0.717, 1.165) is 19.3 Å². The number of methoxy groups -OCH3 is 1. The summed E-state index contributed by atoms with van der Waals surface area (Å²) in [6, 6.07) is 4.47. The number of likely N-dealkylation sites (tertiary alicyclic amines) is 1. The van der Waals surface area contributed by atoms with Crippen molar-refractivity contribution in [1.82, 2.24) is 4.90 Å². The highest BCUT2D eigenvalue weighted by molar-refractivity contribution is 5.79. The van der Waals surface area contributed by atoms with Crippen LogP contribution in [0.4, 0.5) is 4.39 Å². The predicted octanol–water partition coefficient (Wildman–Crippen LogP) is 2.62. The topological polar surface area (TPSA) is 66.8 Å². The lowest BCUT2D eigenvalue weighted by Gasteiger charge is -2.35. The third kappa shape index (κ3) is 4.68. The Labute approximate surface area is 135 Å². The molecular formula is C17H22FNO4. The van der Waals surface area contributed by atoms with Gasteiger partial charge in [-0.15, -0.1) is 0 Å². The first-order valence-corrected chi connectivity index (χ1v) is 7.85. The van der Waals surface area contributed by atoms with E-state index in [1.165, 1.54) is 19.2 Å². The van der Waals surface area contributed by atoms with Crippen molar-refractivity contribution in [2.45, 2.75) is 44.6 Å². The van der Waals surface area contributed by atoms with Crippen LogP contribution in [0.3, 0.4) is 0 Å². The summed E-state index contributed by atoms with van der Waals surface area (Å²) in [5.74, 6) is -1.26. The Morgan fingerprint density at radius 1 is 1.39 bits per heavy atom.